The van der Waals surface area contributed by atoms with E-state index in [0.29, 0.717) is 0 Å². The molecule has 6 nitrogen and oxygen atoms in total. The molecule has 2 aromatic rings. The summed E-state index contributed by atoms with van der Waals surface area (Å²) in [5, 5.41) is 14.8. The van der Waals surface area contributed by atoms with Crippen LogP contribution in [0.2, 0.25) is 0 Å². The first kappa shape index (κ1) is 13.7. The van der Waals surface area contributed by atoms with Crippen LogP contribution in [0.3, 0.4) is 0 Å². The lowest BCUT2D eigenvalue weighted by atomic mass is 10.2. The number of carbonyl (C=O) groups excluding carboxylic acids is 1. The van der Waals surface area contributed by atoms with Crippen molar-refractivity contribution in [1.29, 1.82) is 0 Å². The molecule has 1 aromatic carbocycles. The summed E-state index contributed by atoms with van der Waals surface area (Å²) in [7, 11) is 0. The smallest absolute Gasteiger partial charge is 0.325 e. The van der Waals surface area contributed by atoms with Gasteiger partial charge >= 0.3 is 5.97 Å². The average molecular weight is 277 g/mol. The highest BCUT2D eigenvalue weighted by Gasteiger charge is 2.15. The van der Waals surface area contributed by atoms with E-state index >= 15 is 0 Å². The predicted octanol–water partition coefficient (Wildman–Crippen LogP) is 1.67. The van der Waals surface area contributed by atoms with Crippen molar-refractivity contribution in [1.82, 2.24) is 9.78 Å². The largest absolute Gasteiger partial charge is 0.480 e. The highest BCUT2D eigenvalue weighted by Crippen LogP contribution is 2.16. The van der Waals surface area contributed by atoms with Crippen molar-refractivity contribution in [3.63, 3.8) is 0 Å². The molecule has 20 heavy (non-hydrogen) atoms. The molecule has 0 saturated carbocycles. The van der Waals surface area contributed by atoms with Crippen molar-refractivity contribution in [3.05, 3.63) is 47.5 Å². The number of carboxylic acids is 1. The molecule has 2 rings (SSSR count). The lowest BCUT2D eigenvalue weighted by molar-refractivity contribution is -0.137. The third-order valence-corrected chi connectivity index (χ3v) is 2.60. The van der Waals surface area contributed by atoms with Crippen molar-refractivity contribution >= 4 is 17.6 Å². The zero-order valence-electron chi connectivity index (χ0n) is 10.6. The van der Waals surface area contributed by atoms with Gasteiger partial charge in [-0.1, -0.05) is 6.07 Å². The Bertz CT molecular complexity index is 667. The molecule has 1 aromatic heterocycles. The molecule has 0 radical (unpaired) electrons. The van der Waals surface area contributed by atoms with Gasteiger partial charge in [-0.05, 0) is 30.7 Å². The number of hydrogen-bond donors (Lipinski definition) is 2. The summed E-state index contributed by atoms with van der Waals surface area (Å²) in [6, 6.07) is 5.69. The number of rotatable bonds is 4. The molecule has 0 fully saturated rings. The Morgan fingerprint density at radius 1 is 1.40 bits per heavy atom. The average Bonchev–Trinajstić information content (AvgIpc) is 2.81. The van der Waals surface area contributed by atoms with Crippen LogP contribution in [0.5, 0.6) is 0 Å². The maximum Gasteiger partial charge on any atom is 0.325 e. The number of aromatic nitrogens is 2. The van der Waals surface area contributed by atoms with Crippen LogP contribution in [-0.4, -0.2) is 26.8 Å². The molecule has 0 aliphatic rings. The van der Waals surface area contributed by atoms with E-state index in [1.807, 2.05) is 0 Å². The second kappa shape index (κ2) is 5.52. The molecule has 1 heterocycles. The van der Waals surface area contributed by atoms with E-state index in [2.05, 4.69) is 10.4 Å². The summed E-state index contributed by atoms with van der Waals surface area (Å²) in [4.78, 5) is 22.7. The molecular weight excluding hydrogens is 265 g/mol. The van der Waals surface area contributed by atoms with Gasteiger partial charge in [0.25, 0.3) is 5.91 Å². The van der Waals surface area contributed by atoms with Crippen molar-refractivity contribution < 1.29 is 19.1 Å². The second-order valence-electron chi connectivity index (χ2n) is 4.21. The molecule has 0 aliphatic heterocycles. The van der Waals surface area contributed by atoms with Crippen LogP contribution in [0.15, 0.2) is 30.5 Å². The summed E-state index contributed by atoms with van der Waals surface area (Å²) >= 11 is 0. The monoisotopic (exact) mass is 277 g/mol. The summed E-state index contributed by atoms with van der Waals surface area (Å²) < 4.78 is 14.6. The Morgan fingerprint density at radius 2 is 2.15 bits per heavy atom. The van der Waals surface area contributed by atoms with Gasteiger partial charge in [0.15, 0.2) is 0 Å². The zero-order chi connectivity index (χ0) is 14.7. The summed E-state index contributed by atoms with van der Waals surface area (Å²) in [5.74, 6) is -2.30. The number of nitrogens with one attached hydrogen (secondary N) is 1. The number of halogens is 1. The number of amides is 1. The molecular formula is C13H12FN3O3. The van der Waals surface area contributed by atoms with E-state index in [4.69, 9.17) is 5.11 Å². The Kier molecular flexibility index (Phi) is 3.79. The molecule has 0 atom stereocenters. The van der Waals surface area contributed by atoms with Gasteiger partial charge in [-0.3, -0.25) is 9.59 Å². The van der Waals surface area contributed by atoms with Crippen LogP contribution in [0.1, 0.15) is 16.1 Å². The minimum atomic E-state index is -1.12. The topological polar surface area (TPSA) is 84.2 Å². The Labute approximate surface area is 113 Å². The molecule has 2 N–H and O–H groups in total. The summed E-state index contributed by atoms with van der Waals surface area (Å²) in [5.41, 5.74) is 0.882. The molecule has 1 amide bonds. The number of aryl methyl sites for hydroxylation is 1. The number of nitrogens with zero attached hydrogens (tertiary/aromatic N) is 2. The highest BCUT2D eigenvalue weighted by atomic mass is 19.1. The Morgan fingerprint density at radius 3 is 2.85 bits per heavy atom. The maximum atomic E-state index is 13.6. The lowest BCUT2D eigenvalue weighted by Gasteiger charge is -2.08. The molecule has 0 saturated heterocycles. The first-order valence-corrected chi connectivity index (χ1v) is 5.78. The second-order valence-corrected chi connectivity index (χ2v) is 4.21. The number of carbonyl (C=O) groups is 2. The number of hydrogen-bond acceptors (Lipinski definition) is 3. The minimum absolute atomic E-state index is 0.0399. The Balaban J connectivity index is 2.22. The third kappa shape index (κ3) is 3.00. The quantitative estimate of drug-likeness (QED) is 0.890. The van der Waals surface area contributed by atoms with Gasteiger partial charge in [-0.15, -0.1) is 0 Å². The minimum Gasteiger partial charge on any atom is -0.480 e. The van der Waals surface area contributed by atoms with Crippen LogP contribution in [-0.2, 0) is 11.3 Å². The van der Waals surface area contributed by atoms with E-state index in [-0.39, 0.29) is 11.4 Å². The standard InChI is InChI=1S/C13H12FN3O3/c1-8-2-3-9(14)10(6-8)16-13(20)11-4-5-15-17(11)7-12(18)19/h2-6H,7H2,1H3,(H,16,20)(H,18,19). The van der Waals surface area contributed by atoms with Crippen LogP contribution in [0.25, 0.3) is 0 Å². The first-order valence-electron chi connectivity index (χ1n) is 5.78. The fourth-order valence-electron chi connectivity index (χ4n) is 1.70. The van der Waals surface area contributed by atoms with Crippen molar-refractivity contribution in [2.24, 2.45) is 0 Å². The van der Waals surface area contributed by atoms with Crippen LogP contribution >= 0.6 is 0 Å². The van der Waals surface area contributed by atoms with Crippen LogP contribution in [0.4, 0.5) is 10.1 Å². The van der Waals surface area contributed by atoms with Crippen molar-refractivity contribution in [3.8, 4) is 0 Å². The van der Waals surface area contributed by atoms with Gasteiger partial charge in [-0.25, -0.2) is 9.07 Å². The van der Waals surface area contributed by atoms with E-state index in [1.54, 1.807) is 13.0 Å². The zero-order valence-corrected chi connectivity index (χ0v) is 10.6. The number of aliphatic carboxylic acids is 1. The van der Waals surface area contributed by atoms with Gasteiger partial charge in [0.2, 0.25) is 0 Å². The molecule has 0 bridgehead atoms. The molecule has 0 unspecified atom stereocenters. The molecule has 7 heteroatoms. The van der Waals surface area contributed by atoms with E-state index in [9.17, 15) is 14.0 Å². The number of carboxylic acid groups (broad SMARTS) is 1. The SMILES string of the molecule is Cc1ccc(F)c(NC(=O)c2ccnn2CC(=O)O)c1. The Hall–Kier alpha value is -2.70. The predicted molar refractivity (Wildman–Crippen MR) is 69.0 cm³/mol. The van der Waals surface area contributed by atoms with Crippen molar-refractivity contribution in [2.75, 3.05) is 5.32 Å². The third-order valence-electron chi connectivity index (χ3n) is 2.60. The van der Waals surface area contributed by atoms with Gasteiger partial charge in [-0.2, -0.15) is 5.10 Å². The van der Waals surface area contributed by atoms with Crippen LogP contribution in [0, 0.1) is 12.7 Å². The highest BCUT2D eigenvalue weighted by molar-refractivity contribution is 6.03. The van der Waals surface area contributed by atoms with Gasteiger partial charge in [0, 0.05) is 6.20 Å². The number of anilines is 1. The molecule has 0 spiro atoms. The molecule has 104 valence electrons. The van der Waals surface area contributed by atoms with Crippen molar-refractivity contribution in [2.45, 2.75) is 13.5 Å². The van der Waals surface area contributed by atoms with E-state index in [1.165, 1.54) is 24.4 Å². The van der Waals surface area contributed by atoms with E-state index < -0.39 is 24.2 Å². The summed E-state index contributed by atoms with van der Waals surface area (Å²) in [6.45, 7) is 1.33. The normalized spacial score (nSPS) is 10.3. The fraction of sp³-hybridized carbons (Fsp3) is 0.154. The fourth-order valence-corrected chi connectivity index (χ4v) is 1.70. The van der Waals surface area contributed by atoms with Crippen LogP contribution < -0.4 is 5.32 Å². The maximum absolute atomic E-state index is 13.6. The summed E-state index contributed by atoms with van der Waals surface area (Å²) in [6.07, 6.45) is 1.31. The number of benzene rings is 1. The first-order chi connectivity index (χ1) is 9.47. The van der Waals surface area contributed by atoms with Gasteiger partial charge in [0.05, 0.1) is 5.69 Å². The molecule has 0 aliphatic carbocycles. The van der Waals surface area contributed by atoms with E-state index in [0.717, 1.165) is 10.2 Å². The van der Waals surface area contributed by atoms with Gasteiger partial charge < -0.3 is 10.4 Å². The van der Waals surface area contributed by atoms with Gasteiger partial charge in [0.1, 0.15) is 18.1 Å². The lowest BCUT2D eigenvalue weighted by Crippen LogP contribution is -2.21.